The number of aliphatic hydroxyl groups excluding tert-OH is 1. The lowest BCUT2D eigenvalue weighted by molar-refractivity contribution is -0.00712. The maximum absolute atomic E-state index is 11.5. The summed E-state index contributed by atoms with van der Waals surface area (Å²) in [5, 5.41) is 14.0. The molecule has 4 atom stereocenters. The lowest BCUT2D eigenvalue weighted by Gasteiger charge is -2.59. The van der Waals surface area contributed by atoms with Crippen LogP contribution < -0.4 is 9.80 Å². The molecule has 1 saturated heterocycles. The third-order valence-corrected chi connectivity index (χ3v) is 8.07. The molecule has 35 heavy (non-hydrogen) atoms. The molecule has 1 aliphatic heterocycles. The first-order valence-electron chi connectivity index (χ1n) is 12.8. The summed E-state index contributed by atoms with van der Waals surface area (Å²) in [6, 6.07) is 37.2. The van der Waals surface area contributed by atoms with Crippen molar-refractivity contribution < 1.29 is 5.11 Å². The Morgan fingerprint density at radius 2 is 1.40 bits per heavy atom. The molecule has 1 heterocycles. The van der Waals surface area contributed by atoms with Crippen LogP contribution in [0.1, 0.15) is 38.4 Å². The average molecular weight is 463 g/mol. The Labute approximate surface area is 208 Å². The molecule has 1 aliphatic carbocycles. The molecular formula is C32H34N2O. The predicted molar refractivity (Wildman–Crippen MR) is 146 cm³/mol. The molecule has 1 N–H and O–H groups in total. The van der Waals surface area contributed by atoms with Crippen LogP contribution in [0.5, 0.6) is 0 Å². The molecule has 0 bridgehead atoms. The van der Waals surface area contributed by atoms with Crippen LogP contribution in [-0.2, 0) is 0 Å². The quantitative estimate of drug-likeness (QED) is 0.354. The maximum Gasteiger partial charge on any atom is 0.128 e. The minimum Gasteiger partial charge on any atom is -0.393 e. The largest absolute Gasteiger partial charge is 0.393 e. The van der Waals surface area contributed by atoms with Gasteiger partial charge in [-0.25, -0.2) is 0 Å². The van der Waals surface area contributed by atoms with E-state index >= 15 is 0 Å². The first-order valence-corrected chi connectivity index (χ1v) is 12.8. The van der Waals surface area contributed by atoms with E-state index in [1.54, 1.807) is 0 Å². The number of rotatable bonds is 3. The zero-order valence-corrected chi connectivity index (χ0v) is 20.6. The molecule has 0 radical (unpaired) electrons. The number of para-hydroxylation sites is 1. The van der Waals surface area contributed by atoms with Gasteiger partial charge < -0.3 is 14.9 Å². The topological polar surface area (TPSA) is 26.7 Å². The van der Waals surface area contributed by atoms with Crippen LogP contribution in [0, 0.1) is 11.3 Å². The van der Waals surface area contributed by atoms with Crippen LogP contribution in [0.15, 0.2) is 103 Å². The second kappa shape index (κ2) is 8.73. The minimum absolute atomic E-state index is 0.0340. The number of hydrogen-bond donors (Lipinski definition) is 1. The monoisotopic (exact) mass is 462 g/mol. The Kier molecular flexibility index (Phi) is 5.53. The first-order chi connectivity index (χ1) is 17.0. The van der Waals surface area contributed by atoms with Crippen molar-refractivity contribution >= 4 is 22.1 Å². The Morgan fingerprint density at radius 3 is 2.17 bits per heavy atom. The van der Waals surface area contributed by atoms with Gasteiger partial charge in [-0.15, -0.1) is 0 Å². The lowest BCUT2D eigenvalue weighted by atomic mass is 9.66. The van der Waals surface area contributed by atoms with Gasteiger partial charge in [-0.1, -0.05) is 98.8 Å². The van der Waals surface area contributed by atoms with Gasteiger partial charge in [0.1, 0.15) is 6.17 Å². The van der Waals surface area contributed by atoms with Crippen molar-refractivity contribution in [3.05, 3.63) is 109 Å². The second-order valence-corrected chi connectivity index (χ2v) is 11.0. The van der Waals surface area contributed by atoms with Gasteiger partial charge in [0.15, 0.2) is 0 Å². The minimum atomic E-state index is -0.329. The number of benzene rings is 4. The van der Waals surface area contributed by atoms with Crippen molar-refractivity contribution in [3.63, 3.8) is 0 Å². The molecule has 4 aromatic rings. The smallest absolute Gasteiger partial charge is 0.128 e. The highest BCUT2D eigenvalue weighted by Crippen LogP contribution is 2.50. The zero-order chi connectivity index (χ0) is 24.0. The van der Waals surface area contributed by atoms with Gasteiger partial charge in [-0.05, 0) is 47.4 Å². The molecule has 6 rings (SSSR count). The SMILES string of the molecule is CC1(C)CC(O)C2CN(c3ccccc3)C(c3ccccc3)N(c3cccc4ccccc34)C2C1. The van der Waals surface area contributed by atoms with Gasteiger partial charge in [0.2, 0.25) is 0 Å². The average Bonchev–Trinajstić information content (AvgIpc) is 2.88. The van der Waals surface area contributed by atoms with E-state index in [1.165, 1.54) is 27.7 Å². The van der Waals surface area contributed by atoms with Gasteiger partial charge in [0, 0.05) is 35.3 Å². The number of fused-ring (bicyclic) bond motifs is 2. The second-order valence-electron chi connectivity index (χ2n) is 11.0. The summed E-state index contributed by atoms with van der Waals surface area (Å²) in [5.74, 6) is 0.169. The Morgan fingerprint density at radius 1 is 0.743 bits per heavy atom. The van der Waals surface area contributed by atoms with Crippen molar-refractivity contribution in [2.45, 2.75) is 45.0 Å². The molecule has 1 saturated carbocycles. The number of hydrogen-bond acceptors (Lipinski definition) is 3. The summed E-state index contributed by atoms with van der Waals surface area (Å²) in [6.07, 6.45) is 1.61. The molecule has 0 amide bonds. The van der Waals surface area contributed by atoms with Crippen LogP contribution >= 0.6 is 0 Å². The summed E-state index contributed by atoms with van der Waals surface area (Å²) in [7, 11) is 0. The summed E-state index contributed by atoms with van der Waals surface area (Å²) in [5.41, 5.74) is 3.81. The fourth-order valence-corrected chi connectivity index (χ4v) is 6.56. The summed E-state index contributed by atoms with van der Waals surface area (Å²) in [6.45, 7) is 5.47. The van der Waals surface area contributed by atoms with Crippen molar-refractivity contribution in [3.8, 4) is 0 Å². The van der Waals surface area contributed by atoms with Crippen LogP contribution in [-0.4, -0.2) is 23.8 Å². The fraction of sp³-hybridized carbons (Fsp3) is 0.312. The van der Waals surface area contributed by atoms with Gasteiger partial charge in [0.25, 0.3) is 0 Å². The Balaban J connectivity index is 1.61. The summed E-state index contributed by atoms with van der Waals surface area (Å²) < 4.78 is 0. The maximum atomic E-state index is 11.5. The molecule has 4 aromatic carbocycles. The predicted octanol–water partition coefficient (Wildman–Crippen LogP) is 7.03. The van der Waals surface area contributed by atoms with Gasteiger partial charge >= 0.3 is 0 Å². The van der Waals surface area contributed by atoms with Crippen molar-refractivity contribution in [2.24, 2.45) is 11.3 Å². The van der Waals surface area contributed by atoms with E-state index in [1.807, 2.05) is 0 Å². The van der Waals surface area contributed by atoms with Crippen LogP contribution in [0.25, 0.3) is 10.8 Å². The lowest BCUT2D eigenvalue weighted by Crippen LogP contribution is -2.64. The zero-order valence-electron chi connectivity index (χ0n) is 20.6. The molecule has 2 fully saturated rings. The molecule has 3 heteroatoms. The molecule has 0 spiro atoms. The highest BCUT2D eigenvalue weighted by atomic mass is 16.3. The van der Waals surface area contributed by atoms with Gasteiger partial charge in [-0.2, -0.15) is 0 Å². The van der Waals surface area contributed by atoms with E-state index in [0.29, 0.717) is 0 Å². The third kappa shape index (κ3) is 3.98. The van der Waals surface area contributed by atoms with Crippen LogP contribution in [0.4, 0.5) is 11.4 Å². The fourth-order valence-electron chi connectivity index (χ4n) is 6.56. The Bertz CT molecular complexity index is 1300. The summed E-state index contributed by atoms with van der Waals surface area (Å²) in [4.78, 5) is 5.16. The van der Waals surface area contributed by atoms with Gasteiger partial charge in [0.05, 0.1) is 6.10 Å². The van der Waals surface area contributed by atoms with Gasteiger partial charge in [-0.3, -0.25) is 0 Å². The summed E-state index contributed by atoms with van der Waals surface area (Å²) >= 11 is 0. The highest BCUT2D eigenvalue weighted by molar-refractivity contribution is 5.95. The van der Waals surface area contributed by atoms with E-state index in [0.717, 1.165) is 19.4 Å². The molecule has 0 aromatic heterocycles. The first kappa shape index (κ1) is 22.2. The van der Waals surface area contributed by atoms with Crippen molar-refractivity contribution in [1.82, 2.24) is 0 Å². The number of anilines is 2. The highest BCUT2D eigenvalue weighted by Gasteiger charge is 2.50. The van der Waals surface area contributed by atoms with Crippen molar-refractivity contribution in [2.75, 3.05) is 16.3 Å². The third-order valence-electron chi connectivity index (χ3n) is 8.07. The van der Waals surface area contributed by atoms with Crippen LogP contribution in [0.2, 0.25) is 0 Å². The molecule has 178 valence electrons. The standard InChI is InChI=1S/C32H34N2O/c1-32(2)20-29-27(30(35)21-32)22-33(25-16-7-4-8-17-25)31(24-13-5-3-6-14-24)34(29)28-19-11-15-23-12-9-10-18-26(23)28/h3-19,27,29-31,35H,20-22H2,1-2H3. The van der Waals surface area contributed by atoms with E-state index in [-0.39, 0.29) is 29.6 Å². The Hall–Kier alpha value is -3.30. The van der Waals surface area contributed by atoms with Crippen LogP contribution in [0.3, 0.4) is 0 Å². The van der Waals surface area contributed by atoms with E-state index in [4.69, 9.17) is 0 Å². The molecular weight excluding hydrogens is 428 g/mol. The van der Waals surface area contributed by atoms with E-state index in [2.05, 4.69) is 127 Å². The van der Waals surface area contributed by atoms with E-state index in [9.17, 15) is 5.11 Å². The van der Waals surface area contributed by atoms with Crippen molar-refractivity contribution in [1.29, 1.82) is 0 Å². The molecule has 3 nitrogen and oxygen atoms in total. The molecule has 4 unspecified atom stereocenters. The molecule has 2 aliphatic rings. The number of nitrogens with zero attached hydrogens (tertiary/aromatic N) is 2. The normalized spacial score (nSPS) is 25.9. The van der Waals surface area contributed by atoms with E-state index < -0.39 is 0 Å². The number of aliphatic hydroxyl groups is 1.